The molecule has 0 saturated heterocycles. The van der Waals surface area contributed by atoms with E-state index in [2.05, 4.69) is 5.10 Å². The number of hydrogen-bond acceptors (Lipinski definition) is 2. The minimum atomic E-state index is -2.99. The van der Waals surface area contributed by atoms with Crippen molar-refractivity contribution in [2.45, 2.75) is 6.43 Å². The number of halogens is 3. The van der Waals surface area contributed by atoms with Gasteiger partial charge in [-0.2, -0.15) is 5.10 Å². The van der Waals surface area contributed by atoms with Gasteiger partial charge in [0.2, 0.25) is 0 Å². The summed E-state index contributed by atoms with van der Waals surface area (Å²) in [6, 6.07) is 4.87. The number of carboxylic acid groups (broad SMARTS) is 1. The molecule has 1 aromatic heterocycles. The van der Waals surface area contributed by atoms with E-state index in [9.17, 15) is 18.0 Å². The van der Waals surface area contributed by atoms with Gasteiger partial charge in [-0.05, 0) is 24.3 Å². The first-order chi connectivity index (χ1) is 8.49. The molecule has 0 aliphatic rings. The zero-order chi connectivity index (χ0) is 13.3. The lowest BCUT2D eigenvalue weighted by Gasteiger charge is -2.00. The Morgan fingerprint density at radius 3 is 2.33 bits per heavy atom. The molecular weight excluding hydrogens is 249 g/mol. The van der Waals surface area contributed by atoms with Crippen molar-refractivity contribution >= 4 is 5.97 Å². The normalized spacial score (nSPS) is 10.9. The van der Waals surface area contributed by atoms with Gasteiger partial charge in [0.25, 0.3) is 6.43 Å². The van der Waals surface area contributed by atoms with Crippen LogP contribution in [0.2, 0.25) is 0 Å². The minimum absolute atomic E-state index is 0.297. The van der Waals surface area contributed by atoms with Gasteiger partial charge in [-0.15, -0.1) is 0 Å². The van der Waals surface area contributed by atoms with Gasteiger partial charge in [-0.1, -0.05) is 0 Å². The first-order valence-corrected chi connectivity index (χ1v) is 4.86. The lowest BCUT2D eigenvalue weighted by Crippen LogP contribution is -1.99. The van der Waals surface area contributed by atoms with Gasteiger partial charge in [-0.3, -0.25) is 0 Å². The van der Waals surface area contributed by atoms with Crippen molar-refractivity contribution in [1.82, 2.24) is 9.78 Å². The molecule has 0 bridgehead atoms. The number of carboxylic acids is 1. The second-order valence-corrected chi connectivity index (χ2v) is 3.45. The van der Waals surface area contributed by atoms with E-state index in [0.717, 1.165) is 23.0 Å². The topological polar surface area (TPSA) is 55.1 Å². The molecule has 0 aliphatic carbocycles. The number of hydrogen-bond donors (Lipinski definition) is 1. The minimum Gasteiger partial charge on any atom is -0.478 e. The van der Waals surface area contributed by atoms with Crippen LogP contribution in [0.3, 0.4) is 0 Å². The number of alkyl halides is 2. The van der Waals surface area contributed by atoms with Crippen LogP contribution >= 0.6 is 0 Å². The highest BCUT2D eigenvalue weighted by molar-refractivity contribution is 5.88. The van der Waals surface area contributed by atoms with Gasteiger partial charge < -0.3 is 5.11 Å². The van der Waals surface area contributed by atoms with E-state index >= 15 is 0 Å². The molecule has 18 heavy (non-hydrogen) atoms. The summed E-state index contributed by atoms with van der Waals surface area (Å²) >= 11 is 0. The number of aromatic carboxylic acids is 1. The summed E-state index contributed by atoms with van der Waals surface area (Å²) in [6.07, 6.45) is -2.02. The predicted octanol–water partition coefficient (Wildman–Crippen LogP) is 2.65. The van der Waals surface area contributed by atoms with E-state index in [1.54, 1.807) is 0 Å². The van der Waals surface area contributed by atoms with E-state index in [-0.39, 0.29) is 0 Å². The monoisotopic (exact) mass is 256 g/mol. The zero-order valence-corrected chi connectivity index (χ0v) is 8.85. The molecule has 7 heteroatoms. The van der Waals surface area contributed by atoms with E-state index in [1.165, 1.54) is 12.1 Å². The highest BCUT2D eigenvalue weighted by atomic mass is 19.3. The van der Waals surface area contributed by atoms with Crippen molar-refractivity contribution in [1.29, 1.82) is 0 Å². The average Bonchev–Trinajstić information content (AvgIpc) is 2.75. The second kappa shape index (κ2) is 4.52. The molecule has 0 saturated carbocycles. The van der Waals surface area contributed by atoms with Gasteiger partial charge in [-0.25, -0.2) is 22.6 Å². The van der Waals surface area contributed by atoms with Crippen molar-refractivity contribution in [3.05, 3.63) is 47.5 Å². The fourth-order valence-corrected chi connectivity index (χ4v) is 1.44. The first-order valence-electron chi connectivity index (χ1n) is 4.86. The summed E-state index contributed by atoms with van der Waals surface area (Å²) < 4.78 is 38.8. The van der Waals surface area contributed by atoms with Crippen LogP contribution in [0.1, 0.15) is 22.5 Å². The third-order valence-corrected chi connectivity index (χ3v) is 2.27. The standard InChI is InChI=1S/C11H7F3N2O2/c12-6-1-3-7(4-2-6)16-5-8(11(17)18)9(15-16)10(13)14/h1-5,10H,(H,17,18). The highest BCUT2D eigenvalue weighted by Gasteiger charge is 2.23. The fraction of sp³-hybridized carbons (Fsp3) is 0.0909. The quantitative estimate of drug-likeness (QED) is 0.918. The van der Waals surface area contributed by atoms with E-state index in [0.29, 0.717) is 5.69 Å². The third-order valence-electron chi connectivity index (χ3n) is 2.27. The first kappa shape index (κ1) is 12.2. The van der Waals surface area contributed by atoms with Crippen molar-refractivity contribution in [2.75, 3.05) is 0 Å². The number of carbonyl (C=O) groups is 1. The molecule has 0 unspecified atom stereocenters. The maximum Gasteiger partial charge on any atom is 0.339 e. The Kier molecular flexibility index (Phi) is 3.05. The molecule has 2 aromatic rings. The lowest BCUT2D eigenvalue weighted by molar-refractivity contribution is 0.0684. The van der Waals surface area contributed by atoms with Crippen LogP contribution < -0.4 is 0 Å². The summed E-state index contributed by atoms with van der Waals surface area (Å²) in [4.78, 5) is 10.8. The number of benzene rings is 1. The van der Waals surface area contributed by atoms with Crippen molar-refractivity contribution in [3.63, 3.8) is 0 Å². The molecule has 2 rings (SSSR count). The third kappa shape index (κ3) is 2.20. The van der Waals surface area contributed by atoms with Gasteiger partial charge >= 0.3 is 5.97 Å². The SMILES string of the molecule is O=C(O)c1cn(-c2ccc(F)cc2)nc1C(F)F. The average molecular weight is 256 g/mol. The molecule has 4 nitrogen and oxygen atoms in total. The summed E-state index contributed by atoms with van der Waals surface area (Å²) in [7, 11) is 0. The Morgan fingerprint density at radius 2 is 1.89 bits per heavy atom. The van der Waals surface area contributed by atoms with Crippen LogP contribution in [0.4, 0.5) is 13.2 Å². The molecule has 0 atom stereocenters. The molecule has 0 amide bonds. The summed E-state index contributed by atoms with van der Waals surface area (Å²) in [6.45, 7) is 0. The molecule has 1 N–H and O–H groups in total. The Labute approximate surface area is 99.3 Å². The van der Waals surface area contributed by atoms with E-state index in [1.807, 2.05) is 0 Å². The Bertz CT molecular complexity index is 578. The van der Waals surface area contributed by atoms with Crippen LogP contribution in [-0.2, 0) is 0 Å². The van der Waals surface area contributed by atoms with Crippen LogP contribution in [0.25, 0.3) is 5.69 Å². The van der Waals surface area contributed by atoms with Gasteiger partial charge in [0, 0.05) is 6.20 Å². The fourth-order valence-electron chi connectivity index (χ4n) is 1.44. The maximum atomic E-state index is 12.7. The van der Waals surface area contributed by atoms with Crippen molar-refractivity contribution in [3.8, 4) is 5.69 Å². The molecule has 1 heterocycles. The Morgan fingerprint density at radius 1 is 1.28 bits per heavy atom. The van der Waals surface area contributed by atoms with Crippen molar-refractivity contribution < 1.29 is 23.1 Å². The molecule has 0 aliphatic heterocycles. The van der Waals surface area contributed by atoms with Crippen molar-refractivity contribution in [2.24, 2.45) is 0 Å². The largest absolute Gasteiger partial charge is 0.478 e. The van der Waals surface area contributed by atoms with Crippen LogP contribution in [0, 0.1) is 5.82 Å². The van der Waals surface area contributed by atoms with Gasteiger partial charge in [0.05, 0.1) is 5.69 Å². The van der Waals surface area contributed by atoms with E-state index in [4.69, 9.17) is 5.11 Å². The molecule has 0 radical (unpaired) electrons. The highest BCUT2D eigenvalue weighted by Crippen LogP contribution is 2.22. The van der Waals surface area contributed by atoms with Gasteiger partial charge in [0.15, 0.2) is 0 Å². The summed E-state index contributed by atoms with van der Waals surface area (Å²) in [5, 5.41) is 12.3. The second-order valence-electron chi connectivity index (χ2n) is 3.45. The number of nitrogens with zero attached hydrogens (tertiary/aromatic N) is 2. The van der Waals surface area contributed by atoms with E-state index < -0.39 is 29.5 Å². The molecule has 0 spiro atoms. The number of aromatic nitrogens is 2. The summed E-state index contributed by atoms with van der Waals surface area (Å²) in [5.74, 6) is -1.97. The molecule has 1 aromatic carbocycles. The van der Waals surface area contributed by atoms with Crippen LogP contribution in [0.15, 0.2) is 30.5 Å². The summed E-state index contributed by atoms with van der Waals surface area (Å²) in [5.41, 5.74) is -1.09. The maximum absolute atomic E-state index is 12.7. The lowest BCUT2D eigenvalue weighted by atomic mass is 10.2. The Hall–Kier alpha value is -2.31. The molecule has 0 fully saturated rings. The molecular formula is C11H7F3N2O2. The van der Waals surface area contributed by atoms with Crippen LogP contribution in [-0.4, -0.2) is 20.9 Å². The predicted molar refractivity (Wildman–Crippen MR) is 55.4 cm³/mol. The number of rotatable bonds is 3. The van der Waals surface area contributed by atoms with Crippen LogP contribution in [0.5, 0.6) is 0 Å². The molecule has 94 valence electrons. The zero-order valence-electron chi connectivity index (χ0n) is 8.85. The Balaban J connectivity index is 2.49. The van der Waals surface area contributed by atoms with Gasteiger partial charge in [0.1, 0.15) is 17.1 Å². The smallest absolute Gasteiger partial charge is 0.339 e.